The molecule has 0 bridgehead atoms. The lowest BCUT2D eigenvalue weighted by Gasteiger charge is -2.40. The molecule has 5 heteroatoms. The number of nitrogens with zero attached hydrogens (tertiary/aromatic N) is 1. The van der Waals surface area contributed by atoms with Gasteiger partial charge in [-0.25, -0.2) is 4.21 Å². The lowest BCUT2D eigenvalue weighted by molar-refractivity contribution is 0.0793. The van der Waals surface area contributed by atoms with Crippen LogP contribution in [0.1, 0.15) is 65.2 Å². The van der Waals surface area contributed by atoms with Gasteiger partial charge >= 0.3 is 0 Å². The summed E-state index contributed by atoms with van der Waals surface area (Å²) in [6, 6.07) is 0.679. The lowest BCUT2D eigenvalue weighted by Crippen LogP contribution is -2.50. The molecule has 2 aliphatic carbocycles. The van der Waals surface area contributed by atoms with Crippen molar-refractivity contribution in [3.63, 3.8) is 0 Å². The highest BCUT2D eigenvalue weighted by atomic mass is 32.2. The van der Waals surface area contributed by atoms with Crippen molar-refractivity contribution < 1.29 is 8.39 Å². The van der Waals surface area contributed by atoms with E-state index in [9.17, 15) is 4.21 Å². The average molecular weight is 357 g/mol. The van der Waals surface area contributed by atoms with E-state index < -0.39 is 11.1 Å². The fourth-order valence-corrected chi connectivity index (χ4v) is 5.96. The van der Waals surface area contributed by atoms with Crippen molar-refractivity contribution in [2.75, 3.05) is 26.2 Å². The molecule has 1 N–H and O–H groups in total. The topological polar surface area (TPSA) is 41.6 Å². The molecule has 0 aromatic carbocycles. The van der Waals surface area contributed by atoms with Crippen molar-refractivity contribution in [3.05, 3.63) is 0 Å². The molecule has 0 amide bonds. The maximum atomic E-state index is 12.5. The summed E-state index contributed by atoms with van der Waals surface area (Å²) in [4.78, 5) is 2.64. The summed E-state index contributed by atoms with van der Waals surface area (Å²) >= 11 is -1.06. The number of nitrogens with one attached hydrogen (secondary N) is 1. The summed E-state index contributed by atoms with van der Waals surface area (Å²) < 4.78 is 18.5. The Balaban J connectivity index is 1.39. The van der Waals surface area contributed by atoms with E-state index in [1.807, 2.05) is 0 Å². The Kier molecular flexibility index (Phi) is 7.14. The van der Waals surface area contributed by atoms with Crippen molar-refractivity contribution in [3.8, 4) is 0 Å². The summed E-state index contributed by atoms with van der Waals surface area (Å²) in [5, 5.41) is 3.73. The first-order chi connectivity index (χ1) is 11.6. The van der Waals surface area contributed by atoms with Crippen LogP contribution in [-0.2, 0) is 15.3 Å². The Bertz CT molecular complexity index is 398. The highest BCUT2D eigenvalue weighted by Crippen LogP contribution is 2.33. The van der Waals surface area contributed by atoms with Crippen LogP contribution in [0.15, 0.2) is 0 Å². The molecular formula is C19H36N2O2S. The SMILES string of the molecule is CC1CCC(S(=O)OC2CCC(C(C)N3CCNCC3)CC2)CC1. The summed E-state index contributed by atoms with van der Waals surface area (Å²) in [5.74, 6) is 1.59. The second-order valence-corrected chi connectivity index (χ2v) is 9.68. The van der Waals surface area contributed by atoms with Crippen molar-refractivity contribution >= 4 is 11.1 Å². The maximum Gasteiger partial charge on any atom is 0.158 e. The number of hydrogen-bond donors (Lipinski definition) is 1. The van der Waals surface area contributed by atoms with E-state index in [0.29, 0.717) is 11.3 Å². The molecule has 0 radical (unpaired) electrons. The van der Waals surface area contributed by atoms with Gasteiger partial charge in [0.1, 0.15) is 0 Å². The van der Waals surface area contributed by atoms with Gasteiger partial charge in [0.25, 0.3) is 0 Å². The van der Waals surface area contributed by atoms with E-state index in [0.717, 1.165) is 50.6 Å². The van der Waals surface area contributed by atoms with Crippen LogP contribution in [0.4, 0.5) is 0 Å². The molecule has 1 aliphatic heterocycles. The molecule has 3 rings (SSSR count). The van der Waals surface area contributed by atoms with Crippen LogP contribution in [0, 0.1) is 11.8 Å². The molecule has 24 heavy (non-hydrogen) atoms. The molecule has 2 atom stereocenters. The molecule has 3 aliphatic rings. The molecule has 3 fully saturated rings. The highest BCUT2D eigenvalue weighted by molar-refractivity contribution is 7.80. The van der Waals surface area contributed by atoms with E-state index in [1.54, 1.807) is 0 Å². The highest BCUT2D eigenvalue weighted by Gasteiger charge is 2.32. The van der Waals surface area contributed by atoms with Crippen LogP contribution in [0.3, 0.4) is 0 Å². The molecule has 2 saturated carbocycles. The van der Waals surface area contributed by atoms with Gasteiger partial charge in [-0.05, 0) is 70.1 Å². The van der Waals surface area contributed by atoms with Crippen LogP contribution >= 0.6 is 0 Å². The fraction of sp³-hybridized carbons (Fsp3) is 1.00. The molecular weight excluding hydrogens is 320 g/mol. The zero-order valence-electron chi connectivity index (χ0n) is 15.5. The van der Waals surface area contributed by atoms with Gasteiger partial charge in [-0.3, -0.25) is 9.08 Å². The first kappa shape index (κ1) is 18.8. The third kappa shape index (κ3) is 5.03. The third-order valence-corrected chi connectivity index (χ3v) is 8.07. The summed E-state index contributed by atoms with van der Waals surface area (Å²) in [5.41, 5.74) is 0. The van der Waals surface area contributed by atoms with E-state index in [1.165, 1.54) is 38.8 Å². The molecule has 0 aromatic rings. The van der Waals surface area contributed by atoms with Crippen molar-refractivity contribution in [1.82, 2.24) is 10.2 Å². The van der Waals surface area contributed by atoms with Gasteiger partial charge in [-0.1, -0.05) is 6.92 Å². The minimum absolute atomic E-state index is 0.233. The Morgan fingerprint density at radius 2 is 1.62 bits per heavy atom. The largest absolute Gasteiger partial charge is 0.314 e. The standard InChI is InChI=1S/C19H36N2O2S/c1-15-3-9-19(10-4-15)24(22)23-18-7-5-17(6-8-18)16(2)21-13-11-20-12-14-21/h15-20H,3-14H2,1-2H3. The smallest absolute Gasteiger partial charge is 0.158 e. The fourth-order valence-electron chi connectivity index (χ4n) is 4.69. The third-order valence-electron chi connectivity index (χ3n) is 6.59. The zero-order valence-corrected chi connectivity index (χ0v) is 16.4. The van der Waals surface area contributed by atoms with Gasteiger partial charge in [0.15, 0.2) is 11.1 Å². The van der Waals surface area contributed by atoms with Gasteiger partial charge in [-0.15, -0.1) is 0 Å². The van der Waals surface area contributed by atoms with Crippen LogP contribution < -0.4 is 5.32 Å². The monoisotopic (exact) mass is 356 g/mol. The molecule has 1 saturated heterocycles. The average Bonchev–Trinajstić information content (AvgIpc) is 2.63. The second-order valence-electron chi connectivity index (χ2n) is 8.30. The van der Waals surface area contributed by atoms with E-state index >= 15 is 0 Å². The minimum Gasteiger partial charge on any atom is -0.314 e. The molecule has 140 valence electrons. The Morgan fingerprint density at radius 3 is 2.25 bits per heavy atom. The van der Waals surface area contributed by atoms with E-state index in [4.69, 9.17) is 4.18 Å². The molecule has 1 heterocycles. The Morgan fingerprint density at radius 1 is 1.00 bits per heavy atom. The predicted molar refractivity (Wildman–Crippen MR) is 100 cm³/mol. The van der Waals surface area contributed by atoms with Crippen molar-refractivity contribution in [1.29, 1.82) is 0 Å². The van der Waals surface area contributed by atoms with Gasteiger partial charge in [0.2, 0.25) is 0 Å². The summed E-state index contributed by atoms with van der Waals surface area (Å²) in [7, 11) is 0. The molecule has 2 unspecified atom stereocenters. The molecule has 0 spiro atoms. The Hall–Kier alpha value is 0.0300. The van der Waals surface area contributed by atoms with E-state index in [-0.39, 0.29) is 6.10 Å². The first-order valence-corrected chi connectivity index (χ1v) is 11.3. The molecule has 0 aromatic heterocycles. The number of rotatable bonds is 5. The van der Waals surface area contributed by atoms with Crippen molar-refractivity contribution in [2.45, 2.75) is 82.6 Å². The van der Waals surface area contributed by atoms with Gasteiger partial charge in [0, 0.05) is 32.2 Å². The molecule has 4 nitrogen and oxygen atoms in total. The van der Waals surface area contributed by atoms with Gasteiger partial charge in [0.05, 0.1) is 11.4 Å². The first-order valence-electron chi connectivity index (χ1n) is 10.2. The van der Waals surface area contributed by atoms with Crippen molar-refractivity contribution in [2.24, 2.45) is 11.8 Å². The normalized spacial score (nSPS) is 38.6. The zero-order chi connectivity index (χ0) is 16.9. The summed E-state index contributed by atoms with van der Waals surface area (Å²) in [6.07, 6.45) is 9.49. The Labute approximate surface area is 150 Å². The minimum atomic E-state index is -1.06. The second kappa shape index (κ2) is 9.11. The predicted octanol–water partition coefficient (Wildman–Crippen LogP) is 3.10. The lowest BCUT2D eigenvalue weighted by atomic mass is 9.82. The van der Waals surface area contributed by atoms with Gasteiger partial charge in [-0.2, -0.15) is 0 Å². The van der Waals surface area contributed by atoms with Crippen LogP contribution in [0.25, 0.3) is 0 Å². The maximum absolute atomic E-state index is 12.5. The van der Waals surface area contributed by atoms with Crippen LogP contribution in [-0.4, -0.2) is 52.7 Å². The summed E-state index contributed by atoms with van der Waals surface area (Å²) in [6.45, 7) is 9.33. The van der Waals surface area contributed by atoms with Crippen LogP contribution in [0.5, 0.6) is 0 Å². The number of hydrogen-bond acceptors (Lipinski definition) is 4. The number of piperazine rings is 1. The quantitative estimate of drug-likeness (QED) is 0.822. The van der Waals surface area contributed by atoms with E-state index in [2.05, 4.69) is 24.1 Å². The van der Waals surface area contributed by atoms with Crippen LogP contribution in [0.2, 0.25) is 0 Å². The van der Waals surface area contributed by atoms with Gasteiger partial charge < -0.3 is 5.32 Å².